The second kappa shape index (κ2) is 10.6. The van der Waals surface area contributed by atoms with Gasteiger partial charge in [0.05, 0.1) is 6.54 Å². The first-order valence-electron chi connectivity index (χ1n) is 11.4. The summed E-state index contributed by atoms with van der Waals surface area (Å²) in [5.74, 6) is 3.25. The van der Waals surface area contributed by atoms with Gasteiger partial charge in [-0.15, -0.1) is 22.5 Å². The van der Waals surface area contributed by atoms with Crippen molar-refractivity contribution in [1.29, 1.82) is 0 Å². The van der Waals surface area contributed by atoms with E-state index in [0.717, 1.165) is 53.8 Å². The first-order chi connectivity index (χ1) is 16.2. The highest BCUT2D eigenvalue weighted by molar-refractivity contribution is 5.80. The highest BCUT2D eigenvalue weighted by Crippen LogP contribution is 2.29. The molecule has 33 heavy (non-hydrogen) atoms. The van der Waals surface area contributed by atoms with Crippen molar-refractivity contribution in [3.05, 3.63) is 76.5 Å². The van der Waals surface area contributed by atoms with E-state index in [1.54, 1.807) is 0 Å². The fourth-order valence-electron chi connectivity index (χ4n) is 4.02. The molecule has 0 bridgehead atoms. The zero-order valence-corrected chi connectivity index (χ0v) is 18.9. The summed E-state index contributed by atoms with van der Waals surface area (Å²) in [6.45, 7) is 3.43. The minimum Gasteiger partial charge on any atom is -0.299 e. The van der Waals surface area contributed by atoms with Crippen LogP contribution in [0, 0.1) is 12.3 Å². The van der Waals surface area contributed by atoms with E-state index in [-0.39, 0.29) is 5.69 Å². The molecule has 0 aliphatic carbocycles. The summed E-state index contributed by atoms with van der Waals surface area (Å²) in [7, 11) is 0. The molecule has 0 fully saturated rings. The van der Waals surface area contributed by atoms with E-state index >= 15 is 0 Å². The molecule has 0 spiro atoms. The van der Waals surface area contributed by atoms with Crippen LogP contribution in [0.25, 0.3) is 22.5 Å². The summed E-state index contributed by atoms with van der Waals surface area (Å²) < 4.78 is 3.68. The summed E-state index contributed by atoms with van der Waals surface area (Å²) in [6, 6.07) is 16.2. The summed E-state index contributed by atoms with van der Waals surface area (Å²) >= 11 is 0. The zero-order valence-electron chi connectivity index (χ0n) is 18.9. The smallest absolute Gasteiger partial charge is 0.299 e. The molecule has 0 saturated heterocycles. The molecule has 7 heteroatoms. The number of nitrogens with one attached hydrogen (secondary N) is 1. The first kappa shape index (κ1) is 22.3. The number of unbranched alkanes of at least 4 members (excludes halogenated alkanes) is 2. The standard InChI is InChI=1S/C26H28N6O/c1-3-5-9-17-31-19-22(10-6-4-2)32(26(31)33)18-20-13-15-21(16-14-20)23-11-7-8-12-24(23)25-27-29-30-28-25/h2,7-8,11-16,19H,3,5-6,9-10,17-18H2,1H3,(H,27,28,29,30). The molecule has 168 valence electrons. The third kappa shape index (κ3) is 5.12. The fourth-order valence-corrected chi connectivity index (χ4v) is 4.02. The Balaban J connectivity index is 1.59. The van der Waals surface area contributed by atoms with Crippen LogP contribution < -0.4 is 5.69 Å². The molecule has 0 amide bonds. The molecule has 2 aromatic carbocycles. The van der Waals surface area contributed by atoms with Gasteiger partial charge in [0.1, 0.15) is 0 Å². The van der Waals surface area contributed by atoms with E-state index in [2.05, 4.69) is 57.7 Å². The molecule has 4 rings (SSSR count). The van der Waals surface area contributed by atoms with Gasteiger partial charge < -0.3 is 0 Å². The number of aryl methyl sites for hydroxylation is 2. The number of H-pyrrole nitrogens is 1. The summed E-state index contributed by atoms with van der Waals surface area (Å²) in [4.78, 5) is 13.1. The predicted octanol–water partition coefficient (Wildman–Crippen LogP) is 4.30. The Morgan fingerprint density at radius 1 is 1.06 bits per heavy atom. The average Bonchev–Trinajstić information content (AvgIpc) is 3.48. The molecule has 1 N–H and O–H groups in total. The molecular weight excluding hydrogens is 412 g/mol. The largest absolute Gasteiger partial charge is 0.328 e. The van der Waals surface area contributed by atoms with Gasteiger partial charge in [-0.05, 0) is 28.3 Å². The van der Waals surface area contributed by atoms with Crippen LogP contribution in [0.4, 0.5) is 0 Å². The van der Waals surface area contributed by atoms with Gasteiger partial charge in [0.25, 0.3) is 0 Å². The van der Waals surface area contributed by atoms with E-state index in [9.17, 15) is 4.79 Å². The van der Waals surface area contributed by atoms with E-state index in [0.29, 0.717) is 25.2 Å². The molecule has 0 aliphatic rings. The van der Waals surface area contributed by atoms with Crippen LogP contribution in [-0.4, -0.2) is 29.8 Å². The minimum atomic E-state index is 0.0321. The van der Waals surface area contributed by atoms with Crippen molar-refractivity contribution in [3.8, 4) is 34.9 Å². The molecule has 0 atom stereocenters. The van der Waals surface area contributed by atoms with Crippen molar-refractivity contribution in [1.82, 2.24) is 29.8 Å². The Bertz CT molecular complexity index is 1280. The lowest BCUT2D eigenvalue weighted by atomic mass is 9.98. The minimum absolute atomic E-state index is 0.0321. The normalized spacial score (nSPS) is 10.9. The zero-order chi connectivity index (χ0) is 23.0. The molecule has 4 aromatic rings. The number of aromatic nitrogens is 6. The van der Waals surface area contributed by atoms with Crippen molar-refractivity contribution in [2.24, 2.45) is 0 Å². The Kier molecular flexibility index (Phi) is 7.16. The molecule has 2 heterocycles. The van der Waals surface area contributed by atoms with Crippen molar-refractivity contribution in [2.45, 2.75) is 52.1 Å². The van der Waals surface area contributed by atoms with Crippen LogP contribution in [0.3, 0.4) is 0 Å². The first-order valence-corrected chi connectivity index (χ1v) is 11.4. The molecular formula is C26H28N6O. The monoisotopic (exact) mass is 440 g/mol. The van der Waals surface area contributed by atoms with Crippen molar-refractivity contribution in [2.75, 3.05) is 0 Å². The number of rotatable bonds is 10. The van der Waals surface area contributed by atoms with E-state index < -0.39 is 0 Å². The van der Waals surface area contributed by atoms with Crippen LogP contribution in [0.15, 0.2) is 59.5 Å². The number of benzene rings is 2. The van der Waals surface area contributed by atoms with Gasteiger partial charge in [-0.25, -0.2) is 4.79 Å². The van der Waals surface area contributed by atoms with Crippen LogP contribution in [0.2, 0.25) is 0 Å². The van der Waals surface area contributed by atoms with Crippen molar-refractivity contribution >= 4 is 0 Å². The SMILES string of the molecule is C#CCCc1cn(CCCCC)c(=O)n1Cc1ccc(-c2ccccc2-c2nn[nH]n2)cc1. The van der Waals surface area contributed by atoms with Crippen molar-refractivity contribution in [3.63, 3.8) is 0 Å². The number of nitrogens with zero attached hydrogens (tertiary/aromatic N) is 5. The van der Waals surface area contributed by atoms with Gasteiger partial charge >= 0.3 is 5.69 Å². The number of tetrazole rings is 1. The van der Waals surface area contributed by atoms with E-state index in [1.165, 1.54) is 0 Å². The second-order valence-corrected chi connectivity index (χ2v) is 8.07. The average molecular weight is 441 g/mol. The fraction of sp³-hybridized carbons (Fsp3) is 0.308. The molecule has 0 saturated carbocycles. The highest BCUT2D eigenvalue weighted by atomic mass is 16.1. The third-order valence-corrected chi connectivity index (χ3v) is 5.78. The van der Waals surface area contributed by atoms with Gasteiger partial charge in [-0.3, -0.25) is 9.13 Å². The summed E-state index contributed by atoms with van der Waals surface area (Å²) in [5.41, 5.74) is 5.07. The maximum absolute atomic E-state index is 13.1. The molecule has 2 aromatic heterocycles. The number of hydrogen-bond donors (Lipinski definition) is 1. The van der Waals surface area contributed by atoms with Crippen LogP contribution in [0.5, 0.6) is 0 Å². The van der Waals surface area contributed by atoms with Crippen LogP contribution in [-0.2, 0) is 19.5 Å². The van der Waals surface area contributed by atoms with Gasteiger partial charge in [-0.2, -0.15) is 5.21 Å². The lowest BCUT2D eigenvalue weighted by Crippen LogP contribution is -2.25. The molecule has 0 unspecified atom stereocenters. The highest BCUT2D eigenvalue weighted by Gasteiger charge is 2.13. The Hall–Kier alpha value is -3.92. The summed E-state index contributed by atoms with van der Waals surface area (Å²) in [5, 5.41) is 14.4. The topological polar surface area (TPSA) is 81.4 Å². The molecule has 7 nitrogen and oxygen atoms in total. The summed E-state index contributed by atoms with van der Waals surface area (Å²) in [6.07, 6.45) is 12.0. The lowest BCUT2D eigenvalue weighted by Gasteiger charge is -2.10. The Morgan fingerprint density at radius 2 is 1.85 bits per heavy atom. The maximum Gasteiger partial charge on any atom is 0.328 e. The maximum atomic E-state index is 13.1. The Labute approximate surface area is 193 Å². The number of hydrogen-bond acceptors (Lipinski definition) is 4. The Morgan fingerprint density at radius 3 is 2.55 bits per heavy atom. The third-order valence-electron chi connectivity index (χ3n) is 5.78. The molecule has 0 radical (unpaired) electrons. The van der Waals surface area contributed by atoms with Crippen LogP contribution >= 0.6 is 0 Å². The van der Waals surface area contributed by atoms with E-state index in [4.69, 9.17) is 6.42 Å². The van der Waals surface area contributed by atoms with Gasteiger partial charge in [0.2, 0.25) is 5.82 Å². The predicted molar refractivity (Wildman–Crippen MR) is 130 cm³/mol. The molecule has 0 aliphatic heterocycles. The quantitative estimate of drug-likeness (QED) is 0.294. The lowest BCUT2D eigenvalue weighted by molar-refractivity contribution is 0.573. The van der Waals surface area contributed by atoms with Gasteiger partial charge in [0.15, 0.2) is 0 Å². The van der Waals surface area contributed by atoms with E-state index in [1.807, 2.05) is 39.6 Å². The van der Waals surface area contributed by atoms with Crippen LogP contribution in [0.1, 0.15) is 43.9 Å². The van der Waals surface area contributed by atoms with Gasteiger partial charge in [0, 0.05) is 36.8 Å². The number of imidazole rings is 1. The second-order valence-electron chi connectivity index (χ2n) is 8.07. The number of aromatic amines is 1. The van der Waals surface area contributed by atoms with Crippen molar-refractivity contribution < 1.29 is 0 Å². The number of terminal acetylenes is 1. The van der Waals surface area contributed by atoms with Gasteiger partial charge in [-0.1, -0.05) is 68.3 Å².